The van der Waals surface area contributed by atoms with Gasteiger partial charge in [-0.25, -0.2) is 0 Å². The van der Waals surface area contributed by atoms with E-state index >= 15 is 0 Å². The Morgan fingerprint density at radius 1 is 1.08 bits per heavy atom. The second-order valence-electron chi connectivity index (χ2n) is 13.3. The third-order valence-corrected chi connectivity index (χ3v) is 10.7. The highest BCUT2D eigenvalue weighted by Gasteiger charge is 2.63. The minimum atomic E-state index is -1.12. The fourth-order valence-electron chi connectivity index (χ4n) is 8.36. The van der Waals surface area contributed by atoms with Crippen molar-refractivity contribution in [3.63, 3.8) is 0 Å². The van der Waals surface area contributed by atoms with E-state index < -0.39 is 29.6 Å². The van der Waals surface area contributed by atoms with Crippen LogP contribution in [0.1, 0.15) is 61.2 Å². The molecule has 1 fully saturated rings. The van der Waals surface area contributed by atoms with Crippen LogP contribution in [0.2, 0.25) is 0 Å². The highest BCUT2D eigenvalue weighted by atomic mass is 16.6. The zero-order chi connectivity index (χ0) is 33.4. The number of methoxy groups -OCH3 is 1. The molecule has 2 amide bonds. The number of unbranched alkanes of at least 4 members (excludes halogenated alkanes) is 1. The number of carbonyl (C=O) groups excluding carboxylic acids is 3. The van der Waals surface area contributed by atoms with Gasteiger partial charge >= 0.3 is 5.97 Å². The maximum absolute atomic E-state index is 13.5. The van der Waals surface area contributed by atoms with E-state index in [1.54, 1.807) is 7.11 Å². The van der Waals surface area contributed by atoms with Gasteiger partial charge < -0.3 is 45.4 Å². The summed E-state index contributed by atoms with van der Waals surface area (Å²) in [6.07, 6.45) is 1.98. The molecule has 3 aliphatic heterocycles. The van der Waals surface area contributed by atoms with E-state index in [4.69, 9.17) is 25.7 Å². The number of nitrogens with two attached hydrogens (primary N) is 2. The van der Waals surface area contributed by atoms with Crippen LogP contribution in [0.4, 0.5) is 0 Å². The minimum absolute atomic E-state index is 0.0163. The van der Waals surface area contributed by atoms with E-state index in [0.29, 0.717) is 31.5 Å². The lowest BCUT2D eigenvalue weighted by Gasteiger charge is -2.42. The van der Waals surface area contributed by atoms with Crippen molar-refractivity contribution in [3.8, 4) is 0 Å². The number of para-hydroxylation sites is 2. The summed E-state index contributed by atoms with van der Waals surface area (Å²) < 4.78 is 23.9. The Bertz CT molecular complexity index is 2150. The average molecular weight is 653 g/mol. The van der Waals surface area contributed by atoms with Crippen molar-refractivity contribution in [1.29, 1.82) is 0 Å². The Labute approximate surface area is 276 Å². The molecular weight excluding hydrogens is 612 g/mol. The number of hydrogen-bond donors (Lipinski definition) is 4. The number of aromatic nitrogens is 2. The molecule has 2 aromatic heterocycles. The van der Waals surface area contributed by atoms with Crippen LogP contribution in [0.5, 0.6) is 0 Å². The summed E-state index contributed by atoms with van der Waals surface area (Å²) in [4.78, 5) is 39.0. The Balaban J connectivity index is 1.19. The first-order valence-electron chi connectivity index (χ1n) is 16.7. The number of nitrogens with one attached hydrogen (secondary N) is 2. The van der Waals surface area contributed by atoms with Crippen LogP contribution in [-0.2, 0) is 36.1 Å². The standard InChI is InChI=1S/C36H40N6O6/c1-35-36(46-2,19-47-27(43)14-16-39-33(44)23(38)11-7-8-15-37)17-26(48-35)41-24-12-5-3-9-20(24)29-30-22(18-40-34(30)45)28-21-10-4-6-13-25(21)42(35)32(28)31(29)41/h3-6,9-10,12-13,23,26H,7-8,11,14-19,37-38H2,1-2H3,(H,39,44)(H,40,45)/t23-,26?,35?,36?/m0/s1. The molecule has 0 aliphatic carbocycles. The molecule has 250 valence electrons. The van der Waals surface area contributed by atoms with Crippen LogP contribution in [0.3, 0.4) is 0 Å². The third kappa shape index (κ3) is 4.19. The number of benzene rings is 3. The second-order valence-corrected chi connectivity index (χ2v) is 13.3. The topological polar surface area (TPSA) is 165 Å². The number of carbonyl (C=O) groups is 3. The molecule has 8 rings (SSSR count). The summed E-state index contributed by atoms with van der Waals surface area (Å²) in [7, 11) is 1.63. The van der Waals surface area contributed by atoms with Crippen molar-refractivity contribution in [2.45, 2.75) is 69.2 Å². The molecule has 1 saturated heterocycles. The number of esters is 1. The monoisotopic (exact) mass is 652 g/mol. The minimum Gasteiger partial charge on any atom is -0.462 e. The average Bonchev–Trinajstić information content (AvgIpc) is 3.80. The number of amides is 2. The van der Waals surface area contributed by atoms with E-state index in [9.17, 15) is 14.4 Å². The van der Waals surface area contributed by atoms with Gasteiger partial charge in [0.1, 0.15) is 12.8 Å². The first-order chi connectivity index (χ1) is 23.2. The summed E-state index contributed by atoms with van der Waals surface area (Å²) in [6.45, 7) is 3.02. The summed E-state index contributed by atoms with van der Waals surface area (Å²) in [5.41, 5.74) is 14.8. The molecule has 12 nitrogen and oxygen atoms in total. The number of hydrogen-bond acceptors (Lipinski definition) is 8. The van der Waals surface area contributed by atoms with Crippen molar-refractivity contribution < 1.29 is 28.6 Å². The molecule has 0 spiro atoms. The predicted octanol–water partition coefficient (Wildman–Crippen LogP) is 3.64. The van der Waals surface area contributed by atoms with Crippen LogP contribution in [0, 0.1) is 0 Å². The quantitative estimate of drug-likeness (QED) is 0.124. The van der Waals surface area contributed by atoms with Gasteiger partial charge in [0, 0.05) is 48.2 Å². The predicted molar refractivity (Wildman–Crippen MR) is 181 cm³/mol. The smallest absolute Gasteiger partial charge is 0.307 e. The molecule has 48 heavy (non-hydrogen) atoms. The van der Waals surface area contributed by atoms with Gasteiger partial charge in [0.05, 0.1) is 40.1 Å². The van der Waals surface area contributed by atoms with Crippen molar-refractivity contribution in [1.82, 2.24) is 19.8 Å². The summed E-state index contributed by atoms with van der Waals surface area (Å²) in [5.74, 6) is -0.841. The normalized spacial score (nSPS) is 23.2. The van der Waals surface area contributed by atoms with Crippen LogP contribution in [0.15, 0.2) is 48.5 Å². The molecule has 3 aromatic carbocycles. The largest absolute Gasteiger partial charge is 0.462 e. The maximum Gasteiger partial charge on any atom is 0.307 e. The highest BCUT2D eigenvalue weighted by molar-refractivity contribution is 6.31. The number of nitrogens with zero attached hydrogens (tertiary/aromatic N) is 2. The molecule has 2 bridgehead atoms. The van der Waals surface area contributed by atoms with Gasteiger partial charge in [0.25, 0.3) is 5.91 Å². The summed E-state index contributed by atoms with van der Waals surface area (Å²) in [5, 5.41) is 9.75. The van der Waals surface area contributed by atoms with Gasteiger partial charge in [-0.05, 0) is 44.0 Å². The van der Waals surface area contributed by atoms with E-state index in [-0.39, 0.29) is 31.4 Å². The van der Waals surface area contributed by atoms with E-state index in [1.807, 2.05) is 31.2 Å². The zero-order valence-electron chi connectivity index (χ0n) is 27.1. The third-order valence-electron chi connectivity index (χ3n) is 10.7. The van der Waals surface area contributed by atoms with Crippen LogP contribution < -0.4 is 22.1 Å². The first-order valence-corrected chi connectivity index (χ1v) is 16.7. The molecule has 0 radical (unpaired) electrons. The van der Waals surface area contributed by atoms with Gasteiger partial charge in [0.2, 0.25) is 5.91 Å². The Hall–Kier alpha value is -4.49. The van der Waals surface area contributed by atoms with Gasteiger partial charge in [-0.2, -0.15) is 0 Å². The van der Waals surface area contributed by atoms with Crippen LogP contribution >= 0.6 is 0 Å². The molecule has 0 saturated carbocycles. The number of fused-ring (bicyclic) bond motifs is 13. The Morgan fingerprint density at radius 2 is 1.81 bits per heavy atom. The molecule has 3 aliphatic rings. The lowest BCUT2D eigenvalue weighted by Crippen LogP contribution is -2.55. The molecular formula is C36H40N6O6. The van der Waals surface area contributed by atoms with E-state index in [0.717, 1.165) is 62.0 Å². The van der Waals surface area contributed by atoms with Crippen LogP contribution in [-0.4, -0.2) is 65.4 Å². The fraction of sp³-hybridized carbons (Fsp3) is 0.417. The van der Waals surface area contributed by atoms with Gasteiger partial charge in [-0.15, -0.1) is 0 Å². The molecule has 5 aromatic rings. The lowest BCUT2D eigenvalue weighted by molar-refractivity contribution is -0.208. The highest BCUT2D eigenvalue weighted by Crippen LogP contribution is 2.58. The first kappa shape index (κ1) is 30.8. The zero-order valence-corrected chi connectivity index (χ0v) is 27.1. The Kier molecular flexibility index (Phi) is 7.26. The van der Waals surface area contributed by atoms with Crippen LogP contribution in [0.25, 0.3) is 43.6 Å². The fourth-order valence-corrected chi connectivity index (χ4v) is 8.36. The molecule has 5 heterocycles. The summed E-state index contributed by atoms with van der Waals surface area (Å²) >= 11 is 0. The molecule has 4 atom stereocenters. The van der Waals surface area contributed by atoms with Gasteiger partial charge in [-0.3, -0.25) is 14.4 Å². The van der Waals surface area contributed by atoms with E-state index in [2.05, 4.69) is 44.0 Å². The molecule has 6 N–H and O–H groups in total. The second kappa shape index (κ2) is 11.3. The van der Waals surface area contributed by atoms with Crippen molar-refractivity contribution >= 4 is 61.4 Å². The van der Waals surface area contributed by atoms with Gasteiger partial charge in [-0.1, -0.05) is 42.8 Å². The Morgan fingerprint density at radius 3 is 2.56 bits per heavy atom. The summed E-state index contributed by atoms with van der Waals surface area (Å²) in [6, 6.07) is 15.6. The van der Waals surface area contributed by atoms with Crippen molar-refractivity contribution in [2.24, 2.45) is 11.5 Å². The molecule has 3 unspecified atom stereocenters. The molecule has 12 heteroatoms. The lowest BCUT2D eigenvalue weighted by atomic mass is 9.89. The van der Waals surface area contributed by atoms with Gasteiger partial charge in [0.15, 0.2) is 11.3 Å². The van der Waals surface area contributed by atoms with Crippen molar-refractivity contribution in [3.05, 3.63) is 59.7 Å². The number of ether oxygens (including phenoxy) is 3. The number of rotatable bonds is 11. The van der Waals surface area contributed by atoms with E-state index in [1.165, 1.54) is 0 Å². The SMILES string of the molecule is COC1(COC(=O)CCNC(=O)[C@@H](N)CCCCN)CC2OC1(C)n1c3ccccc3c3c4c(c5c6ccccc6n2c5c31)C(=O)NC4. The van der Waals surface area contributed by atoms with Crippen molar-refractivity contribution in [2.75, 3.05) is 26.8 Å². The maximum atomic E-state index is 13.5.